The highest BCUT2D eigenvalue weighted by molar-refractivity contribution is 5.39. The molecule has 0 saturated carbocycles. The van der Waals surface area contributed by atoms with Crippen LogP contribution < -0.4 is 5.73 Å². The van der Waals surface area contributed by atoms with Gasteiger partial charge in [-0.3, -0.25) is 15.0 Å². The average Bonchev–Trinajstić information content (AvgIpc) is 2.43. The first-order valence-electron chi connectivity index (χ1n) is 6.09. The summed E-state index contributed by atoms with van der Waals surface area (Å²) in [5.74, 6) is -0.579. The van der Waals surface area contributed by atoms with Gasteiger partial charge in [-0.25, -0.2) is 11.0 Å². The standard InChI is InChI=1S/C13H16FN3O3/c1-3-13(15,6-7-20-9-16-2)11-8-10(17(18)19)4-5-12(11)14/h4-5,8H,3,6-7,9,15H2,1H3/t13-/m0/s1. The minimum Gasteiger partial charge on any atom is -0.321 e. The van der Waals surface area contributed by atoms with Gasteiger partial charge in [-0.1, -0.05) is 6.92 Å². The second-order valence-electron chi connectivity index (χ2n) is 4.38. The van der Waals surface area contributed by atoms with E-state index in [1.807, 2.05) is 0 Å². The fourth-order valence-corrected chi connectivity index (χ4v) is 1.87. The zero-order valence-corrected chi connectivity index (χ0v) is 11.1. The summed E-state index contributed by atoms with van der Waals surface area (Å²) in [6, 6.07) is 3.31. The third kappa shape index (κ3) is 3.73. The zero-order chi connectivity index (χ0) is 15.2. The van der Waals surface area contributed by atoms with Crippen LogP contribution in [0.15, 0.2) is 18.2 Å². The molecule has 0 amide bonds. The molecule has 1 aromatic carbocycles. The number of nitrogens with zero attached hydrogens (tertiary/aromatic N) is 2. The predicted octanol–water partition coefficient (Wildman–Crippen LogP) is 2.58. The highest BCUT2D eigenvalue weighted by Gasteiger charge is 2.30. The zero-order valence-electron chi connectivity index (χ0n) is 11.1. The number of halogens is 1. The maximum atomic E-state index is 13.9. The van der Waals surface area contributed by atoms with Gasteiger partial charge in [0.25, 0.3) is 5.69 Å². The SMILES string of the molecule is [C-]#[N+]COCC[C@@](N)(CC)c1cc([N+](=O)[O-])ccc1F. The van der Waals surface area contributed by atoms with Crippen LogP contribution in [0, 0.1) is 22.5 Å². The molecule has 0 unspecified atom stereocenters. The summed E-state index contributed by atoms with van der Waals surface area (Å²) < 4.78 is 18.9. The summed E-state index contributed by atoms with van der Waals surface area (Å²) in [6.45, 7) is 8.46. The van der Waals surface area contributed by atoms with Gasteiger partial charge in [0.1, 0.15) is 5.82 Å². The molecule has 7 heteroatoms. The molecule has 0 aliphatic rings. The van der Waals surface area contributed by atoms with E-state index in [-0.39, 0.29) is 31.0 Å². The van der Waals surface area contributed by atoms with Crippen molar-refractivity contribution in [2.24, 2.45) is 5.73 Å². The van der Waals surface area contributed by atoms with Gasteiger partial charge < -0.3 is 10.5 Å². The minimum atomic E-state index is -1.06. The lowest BCUT2D eigenvalue weighted by molar-refractivity contribution is -0.385. The number of rotatable bonds is 7. The molecular weight excluding hydrogens is 265 g/mol. The summed E-state index contributed by atoms with van der Waals surface area (Å²) in [5, 5.41) is 10.8. The molecule has 1 aromatic rings. The molecule has 6 nitrogen and oxygen atoms in total. The molecule has 0 aliphatic carbocycles. The number of benzene rings is 1. The van der Waals surface area contributed by atoms with Crippen molar-refractivity contribution >= 4 is 5.69 Å². The third-order valence-corrected chi connectivity index (χ3v) is 3.18. The monoisotopic (exact) mass is 281 g/mol. The summed E-state index contributed by atoms with van der Waals surface area (Å²) in [7, 11) is 0. The summed E-state index contributed by atoms with van der Waals surface area (Å²) in [4.78, 5) is 13.2. The highest BCUT2D eigenvalue weighted by atomic mass is 19.1. The van der Waals surface area contributed by atoms with E-state index >= 15 is 0 Å². The fourth-order valence-electron chi connectivity index (χ4n) is 1.87. The van der Waals surface area contributed by atoms with Crippen LogP contribution in [0.4, 0.5) is 10.1 Å². The van der Waals surface area contributed by atoms with Gasteiger partial charge in [-0.15, -0.1) is 0 Å². The number of ether oxygens (including phenoxy) is 1. The van der Waals surface area contributed by atoms with Crippen molar-refractivity contribution in [3.63, 3.8) is 0 Å². The fraction of sp³-hybridized carbons (Fsp3) is 0.462. The Balaban J connectivity index is 3.00. The van der Waals surface area contributed by atoms with Gasteiger partial charge in [-0.2, -0.15) is 0 Å². The van der Waals surface area contributed by atoms with Gasteiger partial charge in [0.2, 0.25) is 0 Å². The molecule has 0 bridgehead atoms. The second kappa shape index (κ2) is 6.93. The number of nitro groups is 1. The van der Waals surface area contributed by atoms with Crippen LogP contribution in [0.2, 0.25) is 0 Å². The Morgan fingerprint density at radius 1 is 1.60 bits per heavy atom. The van der Waals surface area contributed by atoms with Crippen LogP contribution in [0.25, 0.3) is 4.85 Å². The van der Waals surface area contributed by atoms with Crippen molar-refractivity contribution in [2.45, 2.75) is 25.3 Å². The molecule has 2 N–H and O–H groups in total. The smallest absolute Gasteiger partial charge is 0.318 e. The lowest BCUT2D eigenvalue weighted by Crippen LogP contribution is -2.38. The van der Waals surface area contributed by atoms with Crippen molar-refractivity contribution < 1.29 is 14.1 Å². The molecule has 0 aliphatic heterocycles. The van der Waals surface area contributed by atoms with E-state index < -0.39 is 16.3 Å². The van der Waals surface area contributed by atoms with E-state index in [0.717, 1.165) is 18.2 Å². The van der Waals surface area contributed by atoms with E-state index in [1.165, 1.54) is 0 Å². The van der Waals surface area contributed by atoms with Gasteiger partial charge in [0.15, 0.2) is 0 Å². The molecule has 108 valence electrons. The maximum absolute atomic E-state index is 13.9. The van der Waals surface area contributed by atoms with E-state index in [9.17, 15) is 14.5 Å². The minimum absolute atomic E-state index is 0.0861. The molecule has 0 fully saturated rings. The van der Waals surface area contributed by atoms with E-state index in [1.54, 1.807) is 6.92 Å². The van der Waals surface area contributed by atoms with E-state index in [4.69, 9.17) is 17.0 Å². The van der Waals surface area contributed by atoms with Gasteiger partial charge >= 0.3 is 6.73 Å². The Morgan fingerprint density at radius 3 is 2.85 bits per heavy atom. The first-order valence-corrected chi connectivity index (χ1v) is 6.09. The van der Waals surface area contributed by atoms with Crippen LogP contribution >= 0.6 is 0 Å². The van der Waals surface area contributed by atoms with Crippen molar-refractivity contribution in [3.05, 3.63) is 51.1 Å². The first-order chi connectivity index (χ1) is 9.44. The predicted molar refractivity (Wildman–Crippen MR) is 71.2 cm³/mol. The lowest BCUT2D eigenvalue weighted by Gasteiger charge is -2.28. The molecule has 0 aromatic heterocycles. The van der Waals surface area contributed by atoms with Crippen molar-refractivity contribution in [1.82, 2.24) is 0 Å². The van der Waals surface area contributed by atoms with Crippen LogP contribution in [0.5, 0.6) is 0 Å². The maximum Gasteiger partial charge on any atom is 0.318 e. The molecule has 1 rings (SSSR count). The molecule has 0 radical (unpaired) electrons. The largest absolute Gasteiger partial charge is 0.321 e. The quantitative estimate of drug-likeness (QED) is 0.360. The Morgan fingerprint density at radius 2 is 2.30 bits per heavy atom. The number of nitrogens with two attached hydrogens (primary N) is 1. The lowest BCUT2D eigenvalue weighted by atomic mass is 9.85. The molecular formula is C13H16FN3O3. The second-order valence-corrected chi connectivity index (χ2v) is 4.38. The van der Waals surface area contributed by atoms with Gasteiger partial charge in [-0.05, 0) is 18.9 Å². The average molecular weight is 281 g/mol. The number of hydrogen-bond acceptors (Lipinski definition) is 4. The Labute approximate surface area is 116 Å². The number of hydrogen-bond donors (Lipinski definition) is 1. The van der Waals surface area contributed by atoms with Crippen LogP contribution in [-0.4, -0.2) is 18.3 Å². The Bertz CT molecular complexity index is 530. The summed E-state index contributed by atoms with van der Waals surface area (Å²) >= 11 is 0. The van der Waals surface area contributed by atoms with Gasteiger partial charge in [0.05, 0.1) is 11.5 Å². The molecule has 0 heterocycles. The van der Waals surface area contributed by atoms with E-state index in [0.29, 0.717) is 6.42 Å². The van der Waals surface area contributed by atoms with Crippen molar-refractivity contribution in [2.75, 3.05) is 13.3 Å². The van der Waals surface area contributed by atoms with Crippen molar-refractivity contribution in [3.8, 4) is 0 Å². The van der Waals surface area contributed by atoms with Crippen LogP contribution in [-0.2, 0) is 10.3 Å². The first kappa shape index (κ1) is 16.0. The van der Waals surface area contributed by atoms with Crippen LogP contribution in [0.1, 0.15) is 25.3 Å². The van der Waals surface area contributed by atoms with Gasteiger partial charge in [0, 0.05) is 23.2 Å². The van der Waals surface area contributed by atoms with Crippen molar-refractivity contribution in [1.29, 1.82) is 0 Å². The highest BCUT2D eigenvalue weighted by Crippen LogP contribution is 2.31. The van der Waals surface area contributed by atoms with E-state index in [2.05, 4.69) is 4.85 Å². The third-order valence-electron chi connectivity index (χ3n) is 3.18. The topological polar surface area (TPSA) is 82.8 Å². The molecule has 0 saturated heterocycles. The van der Waals surface area contributed by atoms with Crippen LogP contribution in [0.3, 0.4) is 0 Å². The normalized spacial score (nSPS) is 13.5. The number of nitro benzene ring substituents is 1. The summed E-state index contributed by atoms with van der Waals surface area (Å²) in [5.41, 5.74) is 4.99. The summed E-state index contributed by atoms with van der Waals surface area (Å²) in [6.07, 6.45) is 0.670. The Kier molecular flexibility index (Phi) is 5.55. The molecule has 0 spiro atoms. The molecule has 1 atom stereocenters. The number of non-ortho nitro benzene ring substituents is 1. The molecule has 20 heavy (non-hydrogen) atoms. The Hall–Kier alpha value is -2.04.